The lowest BCUT2D eigenvalue weighted by atomic mass is 10.1. The zero-order chi connectivity index (χ0) is 15.0. The number of rotatable bonds is 6. The van der Waals surface area contributed by atoms with E-state index in [1.165, 1.54) is 23.1 Å². The first-order valence-corrected chi connectivity index (χ1v) is 5.72. The molecule has 1 N–H and O–H groups in total. The van der Waals surface area contributed by atoms with E-state index < -0.39 is 0 Å². The first-order valence-electron chi connectivity index (χ1n) is 5.72. The molecule has 0 heterocycles. The predicted molar refractivity (Wildman–Crippen MR) is 78.2 cm³/mol. The fourth-order valence-corrected chi connectivity index (χ4v) is 1.18. The second-order valence-electron chi connectivity index (χ2n) is 3.93. The van der Waals surface area contributed by atoms with E-state index in [0.717, 1.165) is 0 Å². The first-order chi connectivity index (χ1) is 8.87. The second kappa shape index (κ2) is 7.87. The Morgan fingerprint density at radius 2 is 1.68 bits per heavy atom. The lowest BCUT2D eigenvalue weighted by Crippen LogP contribution is -2.25. The quantitative estimate of drug-likeness (QED) is 0.586. The molecule has 0 aromatic heterocycles. The van der Waals surface area contributed by atoms with Gasteiger partial charge in [-0.25, -0.2) is 0 Å². The van der Waals surface area contributed by atoms with Crippen LogP contribution >= 0.6 is 0 Å². The molecule has 0 fully saturated rings. The summed E-state index contributed by atoms with van der Waals surface area (Å²) in [6, 6.07) is 0. The molecule has 0 aromatic rings. The molecule has 2 amide bonds. The van der Waals surface area contributed by atoms with Crippen LogP contribution in [0.4, 0.5) is 0 Å². The summed E-state index contributed by atoms with van der Waals surface area (Å²) in [4.78, 5) is 25.2. The van der Waals surface area contributed by atoms with Gasteiger partial charge in [-0.15, -0.1) is 0 Å². The van der Waals surface area contributed by atoms with Crippen molar-refractivity contribution in [3.8, 4) is 0 Å². The van der Waals surface area contributed by atoms with Gasteiger partial charge >= 0.3 is 0 Å². The van der Waals surface area contributed by atoms with Gasteiger partial charge in [0.15, 0.2) is 0 Å². The van der Waals surface area contributed by atoms with Crippen molar-refractivity contribution < 1.29 is 9.59 Å². The highest BCUT2D eigenvalue weighted by molar-refractivity contribution is 6.02. The number of allylic oxidation sites excluding steroid dienone is 2. The molecule has 19 heavy (non-hydrogen) atoms. The molecule has 0 atom stereocenters. The summed E-state index contributed by atoms with van der Waals surface area (Å²) in [7, 11) is 3.29. The standard InChI is InChI=1S/C15H20N2O2/c1-7-11(4)16-14(18)12(8-2)10-13(9-3)15(19)17(5)6/h7-10H,1-2,4H2,3,5-6H3,(H,16,18)/b12-10+,13-9+. The fourth-order valence-electron chi connectivity index (χ4n) is 1.18. The molecule has 0 aliphatic carbocycles. The molecule has 4 nitrogen and oxygen atoms in total. The maximum atomic E-state index is 11.9. The molecule has 0 rings (SSSR count). The minimum Gasteiger partial charge on any atom is -0.345 e. The van der Waals surface area contributed by atoms with E-state index in [1.807, 2.05) is 0 Å². The van der Waals surface area contributed by atoms with Gasteiger partial charge in [-0.3, -0.25) is 9.59 Å². The van der Waals surface area contributed by atoms with Crippen LogP contribution < -0.4 is 5.32 Å². The molecule has 0 aromatic carbocycles. The maximum absolute atomic E-state index is 11.9. The van der Waals surface area contributed by atoms with Gasteiger partial charge in [-0.1, -0.05) is 31.9 Å². The average molecular weight is 260 g/mol. The highest BCUT2D eigenvalue weighted by Crippen LogP contribution is 2.08. The maximum Gasteiger partial charge on any atom is 0.255 e. The number of amides is 2. The molecule has 102 valence electrons. The van der Waals surface area contributed by atoms with E-state index in [9.17, 15) is 9.59 Å². The number of hydrogen-bond acceptors (Lipinski definition) is 2. The first kappa shape index (κ1) is 16.6. The Hall–Kier alpha value is -2.36. The van der Waals surface area contributed by atoms with Crippen LogP contribution in [-0.2, 0) is 9.59 Å². The van der Waals surface area contributed by atoms with Crippen LogP contribution in [0.2, 0.25) is 0 Å². The van der Waals surface area contributed by atoms with Crippen molar-refractivity contribution in [2.24, 2.45) is 0 Å². The van der Waals surface area contributed by atoms with Crippen LogP contribution in [0.1, 0.15) is 6.92 Å². The molecule has 0 aliphatic rings. The predicted octanol–water partition coefficient (Wildman–Crippen LogP) is 1.95. The number of carbonyl (C=O) groups excluding carboxylic acids is 2. The summed E-state index contributed by atoms with van der Waals surface area (Å²) in [6.07, 6.45) is 5.95. The van der Waals surface area contributed by atoms with Crippen molar-refractivity contribution in [1.29, 1.82) is 0 Å². The third-order valence-corrected chi connectivity index (χ3v) is 2.28. The van der Waals surface area contributed by atoms with E-state index in [2.05, 4.69) is 25.1 Å². The van der Waals surface area contributed by atoms with Gasteiger partial charge in [0.1, 0.15) is 0 Å². The van der Waals surface area contributed by atoms with Gasteiger partial charge in [0, 0.05) is 30.9 Å². The van der Waals surface area contributed by atoms with Crippen LogP contribution in [0.15, 0.2) is 60.9 Å². The summed E-state index contributed by atoms with van der Waals surface area (Å²) >= 11 is 0. The van der Waals surface area contributed by atoms with Gasteiger partial charge in [0.25, 0.3) is 11.8 Å². The van der Waals surface area contributed by atoms with Crippen LogP contribution in [0.5, 0.6) is 0 Å². The van der Waals surface area contributed by atoms with Crippen molar-refractivity contribution in [1.82, 2.24) is 10.2 Å². The number of nitrogens with one attached hydrogen (secondary N) is 1. The summed E-state index contributed by atoms with van der Waals surface area (Å²) in [5.74, 6) is -0.567. The van der Waals surface area contributed by atoms with Gasteiger partial charge in [0.05, 0.1) is 0 Å². The van der Waals surface area contributed by atoms with Gasteiger partial charge in [-0.05, 0) is 19.1 Å². The molecule has 0 aliphatic heterocycles. The molecule has 0 saturated heterocycles. The smallest absolute Gasteiger partial charge is 0.255 e. The Balaban J connectivity index is 5.23. The zero-order valence-corrected chi connectivity index (χ0v) is 11.7. The van der Waals surface area contributed by atoms with Crippen molar-refractivity contribution in [3.05, 3.63) is 60.9 Å². The molecule has 0 radical (unpaired) electrons. The van der Waals surface area contributed by atoms with E-state index >= 15 is 0 Å². The molecule has 0 spiro atoms. The zero-order valence-electron chi connectivity index (χ0n) is 11.7. The van der Waals surface area contributed by atoms with E-state index in [-0.39, 0.29) is 17.4 Å². The van der Waals surface area contributed by atoms with Gasteiger partial charge in [0.2, 0.25) is 0 Å². The number of hydrogen-bond donors (Lipinski definition) is 1. The van der Waals surface area contributed by atoms with Crippen LogP contribution in [0.3, 0.4) is 0 Å². The molecular weight excluding hydrogens is 240 g/mol. The summed E-state index contributed by atoms with van der Waals surface area (Å²) < 4.78 is 0. The number of likely N-dealkylation sites (N-methyl/N-ethyl adjacent to an activating group) is 1. The number of carbonyl (C=O) groups is 2. The topological polar surface area (TPSA) is 49.4 Å². The Bertz CT molecular complexity index is 469. The monoisotopic (exact) mass is 260 g/mol. The molecule has 0 saturated carbocycles. The third kappa shape index (κ3) is 5.21. The SMILES string of the molecule is C=CC(=C)NC(=O)/C(C=C)=C/C(=C\C)C(=O)N(C)C. The summed E-state index contributed by atoms with van der Waals surface area (Å²) in [5, 5.41) is 2.54. The van der Waals surface area contributed by atoms with Crippen LogP contribution in [0.25, 0.3) is 0 Å². The largest absolute Gasteiger partial charge is 0.345 e. The molecule has 0 unspecified atom stereocenters. The Labute approximate surface area is 114 Å². The highest BCUT2D eigenvalue weighted by Gasteiger charge is 2.12. The average Bonchev–Trinajstić information content (AvgIpc) is 2.38. The molecule has 4 heteroatoms. The minimum atomic E-state index is -0.384. The van der Waals surface area contributed by atoms with Gasteiger partial charge in [-0.2, -0.15) is 0 Å². The lowest BCUT2D eigenvalue weighted by Gasteiger charge is -2.12. The summed E-state index contributed by atoms with van der Waals surface area (Å²) in [5.41, 5.74) is 1.09. The Kier molecular flexibility index (Phi) is 6.89. The Morgan fingerprint density at radius 1 is 1.11 bits per heavy atom. The third-order valence-electron chi connectivity index (χ3n) is 2.28. The molecular formula is C15H20N2O2. The van der Waals surface area contributed by atoms with Crippen LogP contribution in [-0.4, -0.2) is 30.8 Å². The minimum absolute atomic E-state index is 0.183. The summed E-state index contributed by atoms with van der Waals surface area (Å²) in [6.45, 7) is 12.4. The van der Waals surface area contributed by atoms with Gasteiger partial charge < -0.3 is 10.2 Å². The number of nitrogens with zero attached hydrogens (tertiary/aromatic N) is 1. The van der Waals surface area contributed by atoms with E-state index in [1.54, 1.807) is 27.1 Å². The van der Waals surface area contributed by atoms with Crippen molar-refractivity contribution >= 4 is 11.8 Å². The van der Waals surface area contributed by atoms with Crippen molar-refractivity contribution in [2.45, 2.75) is 6.92 Å². The van der Waals surface area contributed by atoms with Crippen molar-refractivity contribution in [2.75, 3.05) is 14.1 Å². The van der Waals surface area contributed by atoms with Crippen LogP contribution in [0, 0.1) is 0 Å². The Morgan fingerprint density at radius 3 is 2.05 bits per heavy atom. The van der Waals surface area contributed by atoms with E-state index in [4.69, 9.17) is 0 Å². The molecule has 0 bridgehead atoms. The fraction of sp³-hybridized carbons (Fsp3) is 0.200. The van der Waals surface area contributed by atoms with E-state index in [0.29, 0.717) is 11.3 Å². The highest BCUT2D eigenvalue weighted by atomic mass is 16.2. The van der Waals surface area contributed by atoms with Crippen molar-refractivity contribution in [3.63, 3.8) is 0 Å². The lowest BCUT2D eigenvalue weighted by molar-refractivity contribution is -0.124. The second-order valence-corrected chi connectivity index (χ2v) is 3.93. The normalized spacial score (nSPS) is 11.5.